The van der Waals surface area contributed by atoms with Gasteiger partial charge in [-0.05, 0) is 24.3 Å². The van der Waals surface area contributed by atoms with Crippen molar-refractivity contribution in [2.75, 3.05) is 0 Å². The molecule has 170 valence electrons. The van der Waals surface area contributed by atoms with Crippen LogP contribution < -0.4 is 0 Å². The largest absolute Gasteiger partial charge is 0.337 e. The molecule has 4 aromatic carbocycles. The molecule has 0 unspecified atom stereocenters. The summed E-state index contributed by atoms with van der Waals surface area (Å²) >= 11 is 0. The number of nitro groups is 1. The Balaban J connectivity index is 1.56. The van der Waals surface area contributed by atoms with Crippen LogP contribution in [0.15, 0.2) is 103 Å². The molecule has 0 atom stereocenters. The fourth-order valence-corrected chi connectivity index (χ4v) is 3.85. The van der Waals surface area contributed by atoms with Gasteiger partial charge in [0.15, 0.2) is 5.78 Å². The minimum absolute atomic E-state index is 0.0228. The monoisotopic (exact) mass is 463 g/mol. The first-order valence-electron chi connectivity index (χ1n) is 10.8. The molecular formula is C28H18FN3O3. The highest BCUT2D eigenvalue weighted by Crippen LogP contribution is 2.34. The Morgan fingerprint density at radius 1 is 0.771 bits per heavy atom. The van der Waals surface area contributed by atoms with Gasteiger partial charge in [0, 0.05) is 39.9 Å². The average Bonchev–Trinajstić information content (AvgIpc) is 3.35. The summed E-state index contributed by atoms with van der Waals surface area (Å²) in [5.41, 5.74) is 4.52. The number of non-ortho nitro benzene ring substituents is 1. The first-order valence-corrected chi connectivity index (χ1v) is 10.8. The van der Waals surface area contributed by atoms with Gasteiger partial charge >= 0.3 is 0 Å². The van der Waals surface area contributed by atoms with Gasteiger partial charge in [-0.25, -0.2) is 9.37 Å². The number of benzene rings is 4. The van der Waals surface area contributed by atoms with Crippen LogP contribution in [0.5, 0.6) is 0 Å². The molecule has 5 rings (SSSR count). The van der Waals surface area contributed by atoms with Gasteiger partial charge in [0.1, 0.15) is 11.6 Å². The number of rotatable bonds is 6. The molecule has 0 aliphatic carbocycles. The van der Waals surface area contributed by atoms with Crippen LogP contribution in [-0.4, -0.2) is 20.7 Å². The normalized spacial score (nSPS) is 10.8. The molecule has 0 spiro atoms. The number of nitro benzene ring substituents is 1. The van der Waals surface area contributed by atoms with Crippen LogP contribution >= 0.6 is 0 Å². The van der Waals surface area contributed by atoms with Crippen LogP contribution in [0.3, 0.4) is 0 Å². The van der Waals surface area contributed by atoms with Crippen molar-refractivity contribution in [3.8, 4) is 33.9 Å². The zero-order valence-corrected chi connectivity index (χ0v) is 18.3. The van der Waals surface area contributed by atoms with Gasteiger partial charge in [-0.3, -0.25) is 14.9 Å². The maximum Gasteiger partial charge on any atom is 0.270 e. The first-order chi connectivity index (χ1) is 17.0. The zero-order valence-electron chi connectivity index (χ0n) is 18.3. The third kappa shape index (κ3) is 4.47. The van der Waals surface area contributed by atoms with Gasteiger partial charge in [0.05, 0.1) is 16.3 Å². The molecule has 6 nitrogen and oxygen atoms in total. The van der Waals surface area contributed by atoms with E-state index in [4.69, 9.17) is 4.98 Å². The van der Waals surface area contributed by atoms with Crippen LogP contribution in [0.25, 0.3) is 33.9 Å². The lowest BCUT2D eigenvalue weighted by molar-refractivity contribution is -0.384. The molecule has 0 fully saturated rings. The predicted molar refractivity (Wildman–Crippen MR) is 131 cm³/mol. The van der Waals surface area contributed by atoms with E-state index in [2.05, 4.69) is 4.98 Å². The lowest BCUT2D eigenvalue weighted by atomic mass is 10.00. The summed E-state index contributed by atoms with van der Waals surface area (Å²) in [5, 5.41) is 11.2. The number of aromatic amines is 1. The molecule has 0 amide bonds. The molecular weight excluding hydrogens is 445 g/mol. The lowest BCUT2D eigenvalue weighted by Gasteiger charge is -2.06. The fraction of sp³-hybridized carbons (Fsp3) is 0. The molecule has 0 bridgehead atoms. The second-order valence-corrected chi connectivity index (χ2v) is 7.90. The quantitative estimate of drug-likeness (QED) is 0.173. The third-order valence-corrected chi connectivity index (χ3v) is 5.62. The van der Waals surface area contributed by atoms with Gasteiger partial charge in [0.25, 0.3) is 5.69 Å². The van der Waals surface area contributed by atoms with Crippen molar-refractivity contribution in [3.63, 3.8) is 0 Å². The summed E-state index contributed by atoms with van der Waals surface area (Å²) in [6, 6.07) is 28.4. The molecule has 5 aromatic rings. The topological polar surface area (TPSA) is 88.9 Å². The molecule has 0 aliphatic heterocycles. The minimum Gasteiger partial charge on any atom is -0.337 e. The molecule has 7 heteroatoms. The number of aromatic nitrogens is 2. The molecule has 0 saturated carbocycles. The van der Waals surface area contributed by atoms with Crippen molar-refractivity contribution in [2.45, 2.75) is 0 Å². The number of hydrogen-bond donors (Lipinski definition) is 1. The van der Waals surface area contributed by atoms with E-state index in [1.165, 1.54) is 36.4 Å². The fourth-order valence-electron chi connectivity index (χ4n) is 3.85. The number of nitrogens with one attached hydrogen (secondary N) is 1. The van der Waals surface area contributed by atoms with Gasteiger partial charge in [-0.15, -0.1) is 0 Å². The molecule has 0 saturated heterocycles. The van der Waals surface area contributed by atoms with Gasteiger partial charge in [-0.2, -0.15) is 0 Å². The van der Waals surface area contributed by atoms with E-state index in [-0.39, 0.29) is 11.5 Å². The standard InChI is InChI=1S/C28H18FN3O3/c29-23-15-13-21(14-16-23)27(33)20-11-9-19(10-12-20)26-25(18-5-2-1-3-6-18)30-28(31-26)22-7-4-8-24(17-22)32(34)35/h1-17H,(H,30,31). The summed E-state index contributed by atoms with van der Waals surface area (Å²) in [4.78, 5) is 31.6. The minimum atomic E-state index is -0.442. The molecule has 0 radical (unpaired) electrons. The summed E-state index contributed by atoms with van der Waals surface area (Å²) in [5.74, 6) is -0.111. The summed E-state index contributed by atoms with van der Waals surface area (Å²) in [6.45, 7) is 0. The number of hydrogen-bond acceptors (Lipinski definition) is 4. The Morgan fingerprint density at radius 3 is 2.06 bits per heavy atom. The van der Waals surface area contributed by atoms with Crippen molar-refractivity contribution in [1.82, 2.24) is 9.97 Å². The summed E-state index contributed by atoms with van der Waals surface area (Å²) in [7, 11) is 0. The number of carbonyl (C=O) groups excluding carboxylic acids is 1. The summed E-state index contributed by atoms with van der Waals surface area (Å²) < 4.78 is 13.2. The van der Waals surface area contributed by atoms with E-state index >= 15 is 0 Å². The van der Waals surface area contributed by atoms with Gasteiger partial charge in [-0.1, -0.05) is 66.7 Å². The zero-order chi connectivity index (χ0) is 24.4. The third-order valence-electron chi connectivity index (χ3n) is 5.62. The van der Waals surface area contributed by atoms with Gasteiger partial charge < -0.3 is 4.98 Å². The smallest absolute Gasteiger partial charge is 0.270 e. The van der Waals surface area contributed by atoms with E-state index in [1.54, 1.807) is 24.3 Å². The van der Waals surface area contributed by atoms with Crippen LogP contribution in [-0.2, 0) is 0 Å². The second kappa shape index (κ2) is 9.15. The van der Waals surface area contributed by atoms with E-state index in [1.807, 2.05) is 42.5 Å². The maximum absolute atomic E-state index is 13.2. The predicted octanol–water partition coefficient (Wildman–Crippen LogP) is 6.69. The van der Waals surface area contributed by atoms with Crippen LogP contribution in [0.4, 0.5) is 10.1 Å². The Bertz CT molecular complexity index is 1530. The van der Waals surface area contributed by atoms with E-state index in [0.717, 1.165) is 16.8 Å². The Hall–Kier alpha value is -4.91. The van der Waals surface area contributed by atoms with E-state index in [0.29, 0.717) is 28.2 Å². The maximum atomic E-state index is 13.2. The first kappa shape index (κ1) is 21.9. The Kier molecular flexibility index (Phi) is 5.73. The van der Waals surface area contributed by atoms with Crippen molar-refractivity contribution >= 4 is 11.5 Å². The van der Waals surface area contributed by atoms with E-state index < -0.39 is 10.7 Å². The highest BCUT2D eigenvalue weighted by Gasteiger charge is 2.17. The summed E-state index contributed by atoms with van der Waals surface area (Å²) in [6.07, 6.45) is 0. The average molecular weight is 463 g/mol. The number of nitrogens with zero attached hydrogens (tertiary/aromatic N) is 2. The van der Waals surface area contributed by atoms with Crippen molar-refractivity contribution in [1.29, 1.82) is 0 Å². The highest BCUT2D eigenvalue weighted by atomic mass is 19.1. The molecule has 35 heavy (non-hydrogen) atoms. The second-order valence-electron chi connectivity index (χ2n) is 7.90. The number of ketones is 1. The number of H-pyrrole nitrogens is 1. The lowest BCUT2D eigenvalue weighted by Crippen LogP contribution is -2.01. The molecule has 1 heterocycles. The number of halogens is 1. The molecule has 1 N–H and O–H groups in total. The van der Waals surface area contributed by atoms with Crippen molar-refractivity contribution < 1.29 is 14.1 Å². The van der Waals surface area contributed by atoms with Crippen molar-refractivity contribution in [3.05, 3.63) is 130 Å². The van der Waals surface area contributed by atoms with Crippen LogP contribution in [0.2, 0.25) is 0 Å². The van der Waals surface area contributed by atoms with Gasteiger partial charge in [0.2, 0.25) is 0 Å². The van der Waals surface area contributed by atoms with E-state index in [9.17, 15) is 19.3 Å². The Morgan fingerprint density at radius 2 is 1.40 bits per heavy atom. The van der Waals surface area contributed by atoms with Crippen LogP contribution in [0, 0.1) is 15.9 Å². The Labute approximate surface area is 199 Å². The number of carbonyl (C=O) groups is 1. The van der Waals surface area contributed by atoms with Crippen LogP contribution in [0.1, 0.15) is 15.9 Å². The SMILES string of the molecule is O=C(c1ccc(F)cc1)c1ccc(-c2[nH]c(-c3cccc([N+](=O)[O-])c3)nc2-c2ccccc2)cc1. The highest BCUT2D eigenvalue weighted by molar-refractivity contribution is 6.09. The van der Waals surface area contributed by atoms with Crippen molar-refractivity contribution in [2.24, 2.45) is 0 Å². The molecule has 0 aliphatic rings. The number of imidazole rings is 1. The molecule has 1 aromatic heterocycles.